The molecule has 1 aromatic rings. The highest BCUT2D eigenvalue weighted by atomic mass is 14.3. The number of nitrogens with zero attached hydrogens (tertiary/aromatic N) is 2. The van der Waals surface area contributed by atoms with Crippen molar-refractivity contribution in [1.82, 2.24) is 0 Å². The van der Waals surface area contributed by atoms with Crippen LogP contribution in [0.15, 0.2) is 18.2 Å². The molecule has 0 aliphatic carbocycles. The van der Waals surface area contributed by atoms with E-state index in [2.05, 4.69) is 26.8 Å². The minimum absolute atomic E-state index is 0.0148. The SMILES string of the molecule is CCC(C)(C)c1ccc(C#N)cc1C#N. The third-order valence-corrected chi connectivity index (χ3v) is 2.88. The summed E-state index contributed by atoms with van der Waals surface area (Å²) in [6.07, 6.45) is 0.966. The van der Waals surface area contributed by atoms with Gasteiger partial charge in [-0.15, -0.1) is 0 Å². The first kappa shape index (κ1) is 11.3. The monoisotopic (exact) mass is 198 g/mol. The average Bonchev–Trinajstić information content (AvgIpc) is 2.28. The fourth-order valence-electron chi connectivity index (χ4n) is 1.49. The molecule has 0 radical (unpaired) electrons. The van der Waals surface area contributed by atoms with Crippen LogP contribution in [0.2, 0.25) is 0 Å². The lowest BCUT2D eigenvalue weighted by molar-refractivity contribution is 0.505. The molecule has 0 saturated heterocycles. The summed E-state index contributed by atoms with van der Waals surface area (Å²) in [7, 11) is 0. The van der Waals surface area contributed by atoms with Gasteiger partial charge in [0.05, 0.1) is 23.3 Å². The molecule has 0 saturated carbocycles. The van der Waals surface area contributed by atoms with E-state index in [-0.39, 0.29) is 5.41 Å². The zero-order chi connectivity index (χ0) is 11.5. The van der Waals surface area contributed by atoms with E-state index in [0.717, 1.165) is 12.0 Å². The minimum Gasteiger partial charge on any atom is -0.192 e. The molecule has 2 nitrogen and oxygen atoms in total. The molecule has 0 N–H and O–H groups in total. The number of nitriles is 2. The molecule has 76 valence electrons. The lowest BCUT2D eigenvalue weighted by atomic mass is 9.79. The molecule has 0 heterocycles. The van der Waals surface area contributed by atoms with Gasteiger partial charge in [-0.25, -0.2) is 0 Å². The van der Waals surface area contributed by atoms with E-state index in [9.17, 15) is 0 Å². The van der Waals surface area contributed by atoms with Gasteiger partial charge in [0.2, 0.25) is 0 Å². The Hall–Kier alpha value is -1.80. The lowest BCUT2D eigenvalue weighted by Crippen LogP contribution is -2.17. The third-order valence-electron chi connectivity index (χ3n) is 2.88. The first-order valence-electron chi connectivity index (χ1n) is 5.00. The summed E-state index contributed by atoms with van der Waals surface area (Å²) in [5.41, 5.74) is 2.16. The van der Waals surface area contributed by atoms with Gasteiger partial charge in [0, 0.05) is 0 Å². The van der Waals surface area contributed by atoms with Crippen molar-refractivity contribution in [3.05, 3.63) is 34.9 Å². The van der Waals surface area contributed by atoms with E-state index >= 15 is 0 Å². The molecule has 2 heteroatoms. The van der Waals surface area contributed by atoms with Crippen molar-refractivity contribution < 1.29 is 0 Å². The van der Waals surface area contributed by atoms with Gasteiger partial charge in [0.25, 0.3) is 0 Å². The first-order chi connectivity index (χ1) is 7.05. The second-order valence-electron chi connectivity index (χ2n) is 4.22. The molecule has 0 bridgehead atoms. The Labute approximate surface area is 90.8 Å². The molecule has 15 heavy (non-hydrogen) atoms. The van der Waals surface area contributed by atoms with E-state index in [4.69, 9.17) is 10.5 Å². The Kier molecular flexibility index (Phi) is 3.12. The fourth-order valence-corrected chi connectivity index (χ4v) is 1.49. The van der Waals surface area contributed by atoms with Gasteiger partial charge in [-0.3, -0.25) is 0 Å². The predicted molar refractivity (Wildman–Crippen MR) is 59.2 cm³/mol. The van der Waals surface area contributed by atoms with E-state index in [0.29, 0.717) is 11.1 Å². The van der Waals surface area contributed by atoms with Crippen molar-refractivity contribution in [2.24, 2.45) is 0 Å². The standard InChI is InChI=1S/C13H14N2/c1-4-13(2,3)12-6-5-10(8-14)7-11(12)9-15/h5-7H,4H2,1-3H3. The minimum atomic E-state index is -0.0148. The number of hydrogen-bond donors (Lipinski definition) is 0. The van der Waals surface area contributed by atoms with Crippen LogP contribution in [0.1, 0.15) is 43.9 Å². The molecule has 0 atom stereocenters. The van der Waals surface area contributed by atoms with E-state index in [1.54, 1.807) is 12.1 Å². The van der Waals surface area contributed by atoms with Gasteiger partial charge in [0.15, 0.2) is 0 Å². The van der Waals surface area contributed by atoms with Crippen LogP contribution >= 0.6 is 0 Å². The molecule has 0 aliphatic heterocycles. The first-order valence-corrected chi connectivity index (χ1v) is 5.00. The van der Waals surface area contributed by atoms with Crippen molar-refractivity contribution in [3.63, 3.8) is 0 Å². The van der Waals surface area contributed by atoms with E-state index in [1.165, 1.54) is 0 Å². The Morgan fingerprint density at radius 1 is 1.20 bits per heavy atom. The van der Waals surface area contributed by atoms with E-state index in [1.807, 2.05) is 12.1 Å². The highest BCUT2D eigenvalue weighted by Gasteiger charge is 2.21. The van der Waals surface area contributed by atoms with Crippen LogP contribution in [0.3, 0.4) is 0 Å². The van der Waals surface area contributed by atoms with E-state index < -0.39 is 0 Å². The van der Waals surface area contributed by atoms with Crippen LogP contribution in [0.4, 0.5) is 0 Å². The molecule has 1 aromatic carbocycles. The quantitative estimate of drug-likeness (QED) is 0.733. The van der Waals surface area contributed by atoms with Crippen LogP contribution in [0.5, 0.6) is 0 Å². The summed E-state index contributed by atoms with van der Waals surface area (Å²) in [4.78, 5) is 0. The van der Waals surface area contributed by atoms with Gasteiger partial charge >= 0.3 is 0 Å². The van der Waals surface area contributed by atoms with Crippen LogP contribution < -0.4 is 0 Å². The predicted octanol–water partition coefficient (Wildman–Crippen LogP) is 3.12. The van der Waals surface area contributed by atoms with Crippen LogP contribution in [0, 0.1) is 22.7 Å². The summed E-state index contributed by atoms with van der Waals surface area (Å²) >= 11 is 0. The van der Waals surface area contributed by atoms with Crippen molar-refractivity contribution in [2.45, 2.75) is 32.6 Å². The maximum atomic E-state index is 9.04. The maximum Gasteiger partial charge on any atom is 0.0995 e. The van der Waals surface area contributed by atoms with Gasteiger partial charge in [0.1, 0.15) is 0 Å². The summed E-state index contributed by atoms with van der Waals surface area (Å²) in [5.74, 6) is 0. The normalized spacial score (nSPS) is 10.5. The Bertz CT molecular complexity index is 445. The molecule has 0 aromatic heterocycles. The topological polar surface area (TPSA) is 47.6 Å². The Morgan fingerprint density at radius 3 is 2.33 bits per heavy atom. The second-order valence-corrected chi connectivity index (χ2v) is 4.22. The van der Waals surface area contributed by atoms with Crippen molar-refractivity contribution >= 4 is 0 Å². The highest BCUT2D eigenvalue weighted by Crippen LogP contribution is 2.29. The largest absolute Gasteiger partial charge is 0.192 e. The molecular formula is C13H14N2. The number of benzene rings is 1. The Morgan fingerprint density at radius 2 is 1.87 bits per heavy atom. The van der Waals surface area contributed by atoms with Crippen molar-refractivity contribution in [2.75, 3.05) is 0 Å². The molecule has 0 unspecified atom stereocenters. The molecular weight excluding hydrogens is 184 g/mol. The second kappa shape index (κ2) is 4.15. The maximum absolute atomic E-state index is 9.04. The number of rotatable bonds is 2. The van der Waals surface area contributed by atoms with Crippen molar-refractivity contribution in [3.8, 4) is 12.1 Å². The van der Waals surface area contributed by atoms with Crippen molar-refractivity contribution in [1.29, 1.82) is 10.5 Å². The Balaban J connectivity index is 3.34. The zero-order valence-electron chi connectivity index (χ0n) is 9.33. The molecule has 0 amide bonds. The summed E-state index contributed by atoms with van der Waals surface area (Å²) < 4.78 is 0. The molecule has 0 spiro atoms. The van der Waals surface area contributed by atoms with Gasteiger partial charge in [-0.05, 0) is 29.5 Å². The number of hydrogen-bond acceptors (Lipinski definition) is 2. The summed E-state index contributed by atoms with van der Waals surface area (Å²) in [5, 5.41) is 17.8. The lowest BCUT2D eigenvalue weighted by Gasteiger charge is -2.24. The molecule has 0 aliphatic rings. The molecule has 0 fully saturated rings. The van der Waals surface area contributed by atoms with Gasteiger partial charge in [-0.2, -0.15) is 10.5 Å². The third kappa shape index (κ3) is 2.17. The van der Waals surface area contributed by atoms with Crippen LogP contribution in [-0.4, -0.2) is 0 Å². The average molecular weight is 198 g/mol. The van der Waals surface area contributed by atoms with Gasteiger partial charge in [-0.1, -0.05) is 26.8 Å². The zero-order valence-corrected chi connectivity index (χ0v) is 9.33. The van der Waals surface area contributed by atoms with Gasteiger partial charge < -0.3 is 0 Å². The molecule has 1 rings (SSSR count). The fraction of sp³-hybridized carbons (Fsp3) is 0.385. The summed E-state index contributed by atoms with van der Waals surface area (Å²) in [6.45, 7) is 6.31. The smallest absolute Gasteiger partial charge is 0.0995 e. The summed E-state index contributed by atoms with van der Waals surface area (Å²) in [6, 6.07) is 9.53. The van der Waals surface area contributed by atoms with Crippen LogP contribution in [-0.2, 0) is 5.41 Å². The highest BCUT2D eigenvalue weighted by molar-refractivity contribution is 5.47. The van der Waals surface area contributed by atoms with Crippen LogP contribution in [0.25, 0.3) is 0 Å².